The predicted octanol–water partition coefficient (Wildman–Crippen LogP) is -2.50. The maximum atomic E-state index is 3.00. The Balaban J connectivity index is -0.000000000500. The Morgan fingerprint density at radius 3 is 0.571 bits per heavy atom. The van der Waals surface area contributed by atoms with Crippen molar-refractivity contribution in [3.8, 4) is 0 Å². The summed E-state index contributed by atoms with van der Waals surface area (Å²) in [5, 5.41) is 0. The Bertz CT molecular complexity index is 9.65. The van der Waals surface area contributed by atoms with Crippen molar-refractivity contribution in [2.75, 3.05) is 0 Å². The van der Waals surface area contributed by atoms with Crippen LogP contribution < -0.4 is 0 Å². The van der Waals surface area contributed by atoms with Gasteiger partial charge in [-0.15, -0.1) is 13.2 Å². The van der Waals surface area contributed by atoms with E-state index in [0.29, 0.717) is 0 Å². The van der Waals surface area contributed by atoms with Gasteiger partial charge in [-0.05, 0) is 0 Å². The molecule has 8 N–H and O–H groups in total. The molecule has 48 valence electrons. The Morgan fingerprint density at radius 1 is 0.571 bits per heavy atom. The van der Waals surface area contributed by atoms with E-state index in [1.54, 1.807) is 0 Å². The molecular weight excluding hydrogens is 136 g/mol. The summed E-state index contributed by atoms with van der Waals surface area (Å²) in [6.07, 6.45) is 0. The van der Waals surface area contributed by atoms with E-state index in [1.165, 1.54) is 0 Å². The van der Waals surface area contributed by atoms with Crippen molar-refractivity contribution in [3.63, 3.8) is 0 Å². The van der Waals surface area contributed by atoms with Gasteiger partial charge in [0.1, 0.15) is 0 Å². The van der Waals surface area contributed by atoms with Crippen molar-refractivity contribution in [3.05, 3.63) is 13.2 Å². The average molecular weight is 148 g/mol. The van der Waals surface area contributed by atoms with Crippen LogP contribution in [0.4, 0.5) is 0 Å². The van der Waals surface area contributed by atoms with E-state index in [1.807, 2.05) is 0 Å². The van der Waals surface area contributed by atoms with Crippen LogP contribution in [0.5, 0.6) is 0 Å². The quantitative estimate of drug-likeness (QED) is 0.266. The Labute approximate surface area is 57.3 Å². The molecule has 0 saturated heterocycles. The summed E-state index contributed by atoms with van der Waals surface area (Å²) in [6.45, 7) is 6.00. The third kappa shape index (κ3) is 1340. The first kappa shape index (κ1) is 173. The van der Waals surface area contributed by atoms with E-state index in [2.05, 4.69) is 13.2 Å². The van der Waals surface area contributed by atoms with Crippen molar-refractivity contribution < 1.29 is 43.6 Å². The molecule has 0 aromatic rings. The SMILES string of the molecule is C=C.O.O.O.O.[Ti]. The van der Waals surface area contributed by atoms with Crippen LogP contribution in [0, 0.1) is 0 Å². The second-order valence-electron chi connectivity index (χ2n) is 0. The maximum Gasteiger partial charge on any atom is 0 e. The summed E-state index contributed by atoms with van der Waals surface area (Å²) in [7, 11) is 0. The molecule has 0 aromatic carbocycles. The van der Waals surface area contributed by atoms with Crippen LogP contribution >= 0.6 is 0 Å². The number of rotatable bonds is 0. The van der Waals surface area contributed by atoms with Crippen LogP contribution in [0.25, 0.3) is 0 Å². The van der Waals surface area contributed by atoms with Crippen LogP contribution in [0.1, 0.15) is 0 Å². The number of hydrogen-bond donors (Lipinski definition) is 0. The third-order valence-electron chi connectivity index (χ3n) is 0. The topological polar surface area (TPSA) is 126 Å². The van der Waals surface area contributed by atoms with E-state index in [4.69, 9.17) is 0 Å². The number of hydrogen-bond acceptors (Lipinski definition) is 0. The summed E-state index contributed by atoms with van der Waals surface area (Å²) in [5.41, 5.74) is 0. The molecule has 0 aromatic heterocycles. The fourth-order valence-corrected chi connectivity index (χ4v) is 0. The smallest absolute Gasteiger partial charge is 0 e. The molecule has 0 fully saturated rings. The monoisotopic (exact) mass is 148 g/mol. The van der Waals surface area contributed by atoms with Gasteiger partial charge in [-0.1, -0.05) is 0 Å². The van der Waals surface area contributed by atoms with Gasteiger partial charge in [-0.3, -0.25) is 0 Å². The van der Waals surface area contributed by atoms with Gasteiger partial charge >= 0.3 is 0 Å². The fraction of sp³-hybridized carbons (Fsp3) is 0. The first-order chi connectivity index (χ1) is 1.00. The summed E-state index contributed by atoms with van der Waals surface area (Å²) >= 11 is 0. The zero-order valence-corrected chi connectivity index (χ0v) is 5.48. The molecule has 5 heteroatoms. The maximum absolute atomic E-state index is 3.00. The van der Waals surface area contributed by atoms with Crippen molar-refractivity contribution >= 4 is 0 Å². The third-order valence-corrected chi connectivity index (χ3v) is 0. The molecule has 0 unspecified atom stereocenters. The molecule has 0 amide bonds. The van der Waals surface area contributed by atoms with E-state index in [0.717, 1.165) is 0 Å². The second kappa shape index (κ2) is 2040. The standard InChI is InChI=1S/C2H4.4H2O.Ti/c1-2;;;;;/h1-2H2;4*1H2;. The fourth-order valence-electron chi connectivity index (χ4n) is 0. The van der Waals surface area contributed by atoms with E-state index >= 15 is 0 Å². The molecule has 0 spiro atoms. The molecule has 0 aliphatic rings. The summed E-state index contributed by atoms with van der Waals surface area (Å²) in [5.74, 6) is 0. The Morgan fingerprint density at radius 2 is 0.571 bits per heavy atom. The van der Waals surface area contributed by atoms with Gasteiger partial charge in [0.05, 0.1) is 0 Å². The van der Waals surface area contributed by atoms with E-state index in [-0.39, 0.29) is 43.6 Å². The minimum atomic E-state index is 0. The normalized spacial score (nSPS) is 0.571. The van der Waals surface area contributed by atoms with Crippen LogP contribution in [0.3, 0.4) is 0 Å². The molecule has 0 atom stereocenters. The molecule has 0 rings (SSSR count). The minimum absolute atomic E-state index is 0. The van der Waals surface area contributed by atoms with Crippen LogP contribution in [-0.2, 0) is 21.7 Å². The van der Waals surface area contributed by atoms with Gasteiger partial charge < -0.3 is 21.9 Å². The van der Waals surface area contributed by atoms with Crippen molar-refractivity contribution in [2.24, 2.45) is 0 Å². The average Bonchev–Trinajstić information content (AvgIpc) is 1.00. The summed E-state index contributed by atoms with van der Waals surface area (Å²) in [6, 6.07) is 0. The van der Waals surface area contributed by atoms with Crippen LogP contribution in [0.2, 0.25) is 0 Å². The molecule has 0 bridgehead atoms. The van der Waals surface area contributed by atoms with Gasteiger partial charge in [-0.2, -0.15) is 0 Å². The van der Waals surface area contributed by atoms with Gasteiger partial charge in [0.25, 0.3) is 0 Å². The zero-order chi connectivity index (χ0) is 2.00. The summed E-state index contributed by atoms with van der Waals surface area (Å²) in [4.78, 5) is 0. The summed E-state index contributed by atoms with van der Waals surface area (Å²) < 4.78 is 0. The molecule has 0 aliphatic heterocycles. The first-order valence-electron chi connectivity index (χ1n) is 0.500. The first-order valence-corrected chi connectivity index (χ1v) is 0.500. The molecular formula is C2H12O4Ti. The molecule has 0 saturated carbocycles. The predicted molar refractivity (Wildman–Crippen MR) is 25.7 cm³/mol. The minimum Gasteiger partial charge on any atom is -0.412 e. The van der Waals surface area contributed by atoms with Gasteiger partial charge in [0, 0.05) is 21.7 Å². The molecule has 0 radical (unpaired) electrons. The molecule has 0 aliphatic carbocycles. The van der Waals surface area contributed by atoms with E-state index in [9.17, 15) is 0 Å². The largest absolute Gasteiger partial charge is 0.412 e. The molecule has 4 nitrogen and oxygen atoms in total. The van der Waals surface area contributed by atoms with Crippen molar-refractivity contribution in [1.82, 2.24) is 0 Å². The van der Waals surface area contributed by atoms with Crippen molar-refractivity contribution in [1.29, 1.82) is 0 Å². The van der Waals surface area contributed by atoms with Gasteiger partial charge in [-0.25, -0.2) is 0 Å². The van der Waals surface area contributed by atoms with Gasteiger partial charge in [0.2, 0.25) is 0 Å². The second-order valence-corrected chi connectivity index (χ2v) is 0. The van der Waals surface area contributed by atoms with Gasteiger partial charge in [0.15, 0.2) is 0 Å². The Hall–Kier alpha value is 0.294. The van der Waals surface area contributed by atoms with E-state index < -0.39 is 0 Å². The molecule has 7 heavy (non-hydrogen) atoms. The zero-order valence-electron chi connectivity index (χ0n) is 3.91. The van der Waals surface area contributed by atoms with Crippen LogP contribution in [0.15, 0.2) is 13.2 Å². The Kier molecular flexibility index (Phi) is 50200. The molecule has 0 heterocycles. The van der Waals surface area contributed by atoms with Crippen molar-refractivity contribution in [2.45, 2.75) is 0 Å². The van der Waals surface area contributed by atoms with Crippen LogP contribution in [-0.4, -0.2) is 21.9 Å².